The van der Waals surface area contributed by atoms with Crippen molar-refractivity contribution in [3.05, 3.63) is 131 Å². The summed E-state index contributed by atoms with van der Waals surface area (Å²) in [6.07, 6.45) is 5.28. The molecule has 5 rings (SSSR count). The van der Waals surface area contributed by atoms with E-state index in [9.17, 15) is 19.2 Å². The molecule has 3 amide bonds. The highest BCUT2D eigenvalue weighted by Crippen LogP contribution is 2.52. The lowest BCUT2D eigenvalue weighted by Gasteiger charge is -2.40. The van der Waals surface area contributed by atoms with Gasteiger partial charge in [0.15, 0.2) is 0 Å². The minimum absolute atomic E-state index is 0.0659. The molecule has 3 N–H and O–H groups in total. The molecular formula is C52H69N3O7S2Si. The smallest absolute Gasteiger partial charge is 0.407 e. The van der Waals surface area contributed by atoms with Crippen molar-refractivity contribution in [2.75, 3.05) is 31.3 Å². The summed E-state index contributed by atoms with van der Waals surface area (Å²) in [5.74, 6) is -0.0711. The number of hydrogen-bond acceptors (Lipinski definition) is 9. The topological polar surface area (TPSA) is 132 Å². The van der Waals surface area contributed by atoms with Gasteiger partial charge in [0.25, 0.3) is 0 Å². The minimum atomic E-state index is -2.88. The van der Waals surface area contributed by atoms with Gasteiger partial charge < -0.3 is 29.9 Å². The number of alkyl carbamates (subject to hydrolysis) is 1. The van der Waals surface area contributed by atoms with Gasteiger partial charge in [-0.15, -0.1) is 22.4 Å². The number of fused-ring (bicyclic) bond motifs is 3. The van der Waals surface area contributed by atoms with Gasteiger partial charge in [-0.05, 0) is 64.1 Å². The zero-order valence-corrected chi connectivity index (χ0v) is 41.7. The summed E-state index contributed by atoms with van der Waals surface area (Å²) in [7, 11) is 0. The zero-order valence-electron chi connectivity index (χ0n) is 39.1. The lowest BCUT2D eigenvalue weighted by atomic mass is 9.98. The van der Waals surface area contributed by atoms with Crippen molar-refractivity contribution in [2.24, 2.45) is 0 Å². The van der Waals surface area contributed by atoms with Crippen molar-refractivity contribution in [3.63, 3.8) is 0 Å². The van der Waals surface area contributed by atoms with E-state index in [1.165, 1.54) is 0 Å². The van der Waals surface area contributed by atoms with Crippen LogP contribution in [0.2, 0.25) is 5.04 Å². The fourth-order valence-corrected chi connectivity index (χ4v) is 19.3. The molecule has 0 heterocycles. The Hall–Kier alpha value is -4.56. The Morgan fingerprint density at radius 3 is 1.62 bits per heavy atom. The normalized spacial score (nSPS) is 13.8. The second kappa shape index (κ2) is 26.0. The molecule has 0 bridgehead atoms. The molecule has 350 valence electrons. The quantitative estimate of drug-likeness (QED) is 0.0416. The van der Waals surface area contributed by atoms with Crippen LogP contribution in [-0.4, -0.2) is 79.9 Å². The maximum absolute atomic E-state index is 14.7. The molecule has 0 spiro atoms. The Bertz CT molecular complexity index is 2060. The minimum Gasteiger partial charge on any atom is -0.497 e. The van der Waals surface area contributed by atoms with Crippen LogP contribution in [0.15, 0.2) is 109 Å². The number of carbonyl (C=O) groups excluding carboxylic acids is 4. The summed E-state index contributed by atoms with van der Waals surface area (Å²) in [5.41, 5.74) is 6.00. The highest BCUT2D eigenvalue weighted by Gasteiger charge is 2.52. The molecule has 65 heavy (non-hydrogen) atoms. The third-order valence-electron chi connectivity index (χ3n) is 11.4. The van der Waals surface area contributed by atoms with Crippen LogP contribution in [0, 0.1) is 0 Å². The Balaban J connectivity index is 1.38. The molecule has 0 radical (unpaired) electrons. The lowest BCUT2D eigenvalue weighted by molar-refractivity contribution is -0.140. The number of nitrogens with one attached hydrogen (secondary N) is 3. The van der Waals surface area contributed by atoms with Crippen molar-refractivity contribution in [1.29, 1.82) is 0 Å². The van der Waals surface area contributed by atoms with E-state index in [0.29, 0.717) is 6.61 Å². The van der Waals surface area contributed by atoms with Crippen molar-refractivity contribution in [1.82, 2.24) is 16.0 Å². The summed E-state index contributed by atoms with van der Waals surface area (Å²) in [4.78, 5) is 57.3. The van der Waals surface area contributed by atoms with Gasteiger partial charge >= 0.3 is 18.7 Å². The number of amides is 3. The van der Waals surface area contributed by atoms with Gasteiger partial charge in [-0.2, -0.15) is 0 Å². The van der Waals surface area contributed by atoms with Crippen LogP contribution < -0.4 is 16.0 Å². The predicted octanol–water partition coefficient (Wildman–Crippen LogP) is 10.5. The standard InChI is InChI=1S/C52H69N3O7S2Si/c1-7-10-31-60-37-47(55-51(59)61-36-44-42-29-21-19-27-40(42)41-28-20-22-30-43(41)44)49(57)53-45(34-38-23-15-13-16-24-38)48(56)54-46(35-39-25-17-14-18-26-39)50(58)62-65(52(4,5)6,63-32-11-8-2)64-33-12-9-3/h13-30,44-47H,7-12,31-37H2,1-6H3,(H,53,57)(H,54,56)(H,55,59)/t45-,46-,47-/m0/s1. The Kier molecular flexibility index (Phi) is 20.5. The van der Waals surface area contributed by atoms with E-state index < -0.39 is 48.6 Å². The SMILES string of the molecule is CCCCOC[C@H](NC(=O)OCC1c2ccccc2-c2ccccc21)C(=O)N[C@@H](Cc1ccccc1)C(=O)N[C@@H](Cc1ccccc1)C(=O)O[Si](SCCCC)(SCCCC)C(C)(C)C. The van der Waals surface area contributed by atoms with Crippen molar-refractivity contribution < 1.29 is 33.1 Å². The average molecular weight is 940 g/mol. The largest absolute Gasteiger partial charge is 0.497 e. The Morgan fingerprint density at radius 2 is 1.09 bits per heavy atom. The second-order valence-corrected chi connectivity index (χ2v) is 27.8. The lowest BCUT2D eigenvalue weighted by Crippen LogP contribution is -2.58. The van der Waals surface area contributed by atoms with Gasteiger partial charge in [-0.25, -0.2) is 4.79 Å². The average Bonchev–Trinajstić information content (AvgIpc) is 3.62. The first-order chi connectivity index (χ1) is 31.4. The molecular weight excluding hydrogens is 871 g/mol. The Morgan fingerprint density at radius 1 is 0.615 bits per heavy atom. The molecule has 0 fully saturated rings. The summed E-state index contributed by atoms with van der Waals surface area (Å²) in [6, 6.07) is 31.8. The fourth-order valence-electron chi connectivity index (χ4n) is 7.65. The molecule has 1 aliphatic carbocycles. The van der Waals surface area contributed by atoms with Crippen LogP contribution in [0.5, 0.6) is 0 Å². The molecule has 10 nitrogen and oxygen atoms in total. The van der Waals surface area contributed by atoms with Crippen LogP contribution in [0.1, 0.15) is 108 Å². The number of ether oxygens (including phenoxy) is 2. The first-order valence-electron chi connectivity index (χ1n) is 23.3. The summed E-state index contributed by atoms with van der Waals surface area (Å²) in [5, 5.41) is 8.41. The van der Waals surface area contributed by atoms with Crippen LogP contribution in [0.25, 0.3) is 11.1 Å². The zero-order chi connectivity index (χ0) is 46.7. The predicted molar refractivity (Wildman–Crippen MR) is 268 cm³/mol. The van der Waals surface area contributed by atoms with Gasteiger partial charge in [0.2, 0.25) is 11.8 Å². The van der Waals surface area contributed by atoms with E-state index >= 15 is 0 Å². The van der Waals surface area contributed by atoms with E-state index in [-0.39, 0.29) is 37.0 Å². The molecule has 3 atom stereocenters. The first-order valence-corrected chi connectivity index (χ1v) is 28.6. The van der Waals surface area contributed by atoms with Crippen LogP contribution in [0.4, 0.5) is 4.79 Å². The molecule has 1 aliphatic rings. The maximum atomic E-state index is 14.7. The van der Waals surface area contributed by atoms with E-state index in [1.54, 1.807) is 22.4 Å². The summed E-state index contributed by atoms with van der Waals surface area (Å²) >= 11 is 3.59. The van der Waals surface area contributed by atoms with Crippen molar-refractivity contribution >= 4 is 52.9 Å². The number of benzene rings is 4. The van der Waals surface area contributed by atoms with Crippen molar-refractivity contribution in [3.8, 4) is 11.1 Å². The Labute approximate surface area is 395 Å². The van der Waals surface area contributed by atoms with Gasteiger partial charge in [0, 0.05) is 30.4 Å². The van der Waals surface area contributed by atoms with E-state index in [4.69, 9.17) is 13.9 Å². The van der Waals surface area contributed by atoms with Gasteiger partial charge in [0.1, 0.15) is 24.7 Å². The van der Waals surface area contributed by atoms with Crippen LogP contribution in [0.3, 0.4) is 0 Å². The highest BCUT2D eigenvalue weighted by atomic mass is 32.6. The summed E-state index contributed by atoms with van der Waals surface area (Å²) < 4.78 is 18.5. The first kappa shape index (κ1) is 51.4. The number of hydrogen-bond donors (Lipinski definition) is 3. The number of unbranched alkanes of at least 4 members (excludes halogenated alkanes) is 3. The van der Waals surface area contributed by atoms with E-state index in [2.05, 4.69) is 62.7 Å². The maximum Gasteiger partial charge on any atom is 0.407 e. The van der Waals surface area contributed by atoms with Gasteiger partial charge in [0.05, 0.1) is 6.61 Å². The third kappa shape index (κ3) is 15.0. The third-order valence-corrected chi connectivity index (χ3v) is 25.3. The van der Waals surface area contributed by atoms with Crippen LogP contribution in [-0.2, 0) is 41.1 Å². The van der Waals surface area contributed by atoms with E-state index in [1.807, 2.05) is 104 Å². The number of rotatable bonds is 26. The van der Waals surface area contributed by atoms with Gasteiger partial charge in [-0.1, -0.05) is 170 Å². The van der Waals surface area contributed by atoms with E-state index in [0.717, 1.165) is 83.4 Å². The molecule has 4 aromatic carbocycles. The molecule has 13 heteroatoms. The number of carbonyl (C=O) groups is 4. The second-order valence-electron chi connectivity index (χ2n) is 17.6. The molecule has 0 aliphatic heterocycles. The molecule has 0 aromatic heterocycles. The molecule has 4 aromatic rings. The van der Waals surface area contributed by atoms with Crippen molar-refractivity contribution in [2.45, 2.75) is 122 Å². The monoisotopic (exact) mass is 939 g/mol. The highest BCUT2D eigenvalue weighted by molar-refractivity contribution is 8.57. The summed E-state index contributed by atoms with van der Waals surface area (Å²) in [6.45, 7) is 10.2. The molecule has 0 unspecified atom stereocenters. The van der Waals surface area contributed by atoms with Crippen LogP contribution >= 0.6 is 22.4 Å². The molecule has 0 saturated heterocycles. The fraction of sp³-hybridized carbons (Fsp3) is 0.462. The van der Waals surface area contributed by atoms with Gasteiger partial charge in [-0.3, -0.25) is 14.4 Å². The molecule has 0 saturated carbocycles.